The molecule has 0 heterocycles. The number of rotatable bonds is 8. The Morgan fingerprint density at radius 1 is 1.08 bits per heavy atom. The summed E-state index contributed by atoms with van der Waals surface area (Å²) >= 11 is 3.51. The average molecular weight is 408 g/mol. The van der Waals surface area contributed by atoms with Crippen molar-refractivity contribution in [3.05, 3.63) is 52.0 Å². The number of amides is 1. The van der Waals surface area contributed by atoms with Crippen LogP contribution in [-0.2, 0) is 4.79 Å². The van der Waals surface area contributed by atoms with E-state index in [9.17, 15) is 4.79 Å². The van der Waals surface area contributed by atoms with Gasteiger partial charge in [-0.1, -0.05) is 28.1 Å². The molecule has 0 saturated heterocycles. The Balaban J connectivity index is 1.72. The Kier molecular flexibility index (Phi) is 7.13. The van der Waals surface area contributed by atoms with Crippen LogP contribution in [0.25, 0.3) is 0 Å². The Bertz CT molecular complexity index is 710. The molecule has 0 unspecified atom stereocenters. The molecule has 0 aromatic heterocycles. The smallest absolute Gasteiger partial charge is 0.258 e. The van der Waals surface area contributed by atoms with Gasteiger partial charge in [0.1, 0.15) is 12.4 Å². The summed E-state index contributed by atoms with van der Waals surface area (Å²) in [7, 11) is 1.59. The number of carbonyl (C=O) groups excluding carboxylic acids is 1. The minimum atomic E-state index is -0.193. The predicted octanol–water partition coefficient (Wildman–Crippen LogP) is 3.65. The molecule has 0 radical (unpaired) electrons. The van der Waals surface area contributed by atoms with Crippen LogP contribution in [0.1, 0.15) is 11.1 Å². The second-order valence-electron chi connectivity index (χ2n) is 5.51. The molecule has 2 aromatic carbocycles. The van der Waals surface area contributed by atoms with Crippen molar-refractivity contribution in [1.82, 2.24) is 5.32 Å². The van der Waals surface area contributed by atoms with Crippen molar-refractivity contribution in [3.8, 4) is 17.2 Å². The summed E-state index contributed by atoms with van der Waals surface area (Å²) in [5, 5.41) is 2.76. The highest BCUT2D eigenvalue weighted by Gasteiger charge is 2.07. The Morgan fingerprint density at radius 2 is 1.72 bits per heavy atom. The van der Waals surface area contributed by atoms with E-state index in [0.29, 0.717) is 30.4 Å². The third-order valence-electron chi connectivity index (χ3n) is 3.53. The molecule has 5 nitrogen and oxygen atoms in total. The highest BCUT2D eigenvalue weighted by Crippen LogP contribution is 2.26. The number of hydrogen-bond acceptors (Lipinski definition) is 4. The van der Waals surface area contributed by atoms with E-state index >= 15 is 0 Å². The van der Waals surface area contributed by atoms with E-state index in [-0.39, 0.29) is 12.5 Å². The number of nitrogens with one attached hydrogen (secondary N) is 1. The summed E-state index contributed by atoms with van der Waals surface area (Å²) in [5.41, 5.74) is 2.14. The molecule has 0 saturated carbocycles. The topological polar surface area (TPSA) is 56.8 Å². The molecule has 2 aromatic rings. The van der Waals surface area contributed by atoms with Gasteiger partial charge < -0.3 is 19.5 Å². The van der Waals surface area contributed by atoms with Crippen LogP contribution in [0.5, 0.6) is 17.2 Å². The summed E-state index contributed by atoms with van der Waals surface area (Å²) in [6, 6.07) is 11.2. The Hall–Kier alpha value is -2.21. The molecule has 0 aliphatic rings. The van der Waals surface area contributed by atoms with Crippen LogP contribution in [0, 0.1) is 13.8 Å². The van der Waals surface area contributed by atoms with E-state index in [4.69, 9.17) is 14.2 Å². The van der Waals surface area contributed by atoms with Gasteiger partial charge >= 0.3 is 0 Å². The maximum absolute atomic E-state index is 11.9. The Morgan fingerprint density at radius 3 is 2.36 bits per heavy atom. The van der Waals surface area contributed by atoms with Gasteiger partial charge in [0.2, 0.25) is 0 Å². The third kappa shape index (κ3) is 5.67. The SMILES string of the molecule is COc1ccccc1OCCNC(=O)COc1cc(C)c(Br)c(C)c1. The zero-order valence-electron chi connectivity index (χ0n) is 14.6. The van der Waals surface area contributed by atoms with Crippen molar-refractivity contribution in [3.63, 3.8) is 0 Å². The van der Waals surface area contributed by atoms with Crippen molar-refractivity contribution in [2.75, 3.05) is 26.9 Å². The summed E-state index contributed by atoms with van der Waals surface area (Å²) in [6.07, 6.45) is 0. The molecule has 0 aliphatic carbocycles. The third-order valence-corrected chi connectivity index (χ3v) is 4.78. The summed E-state index contributed by atoms with van der Waals surface area (Å²) in [5.74, 6) is 1.80. The fourth-order valence-corrected chi connectivity index (χ4v) is 2.51. The van der Waals surface area contributed by atoms with Gasteiger partial charge in [-0.3, -0.25) is 4.79 Å². The number of aryl methyl sites for hydroxylation is 2. The average Bonchev–Trinajstić information content (AvgIpc) is 2.61. The van der Waals surface area contributed by atoms with Gasteiger partial charge in [0.25, 0.3) is 5.91 Å². The van der Waals surface area contributed by atoms with Crippen LogP contribution in [0.4, 0.5) is 0 Å². The summed E-state index contributed by atoms with van der Waals surface area (Å²) < 4.78 is 17.4. The molecule has 134 valence electrons. The lowest BCUT2D eigenvalue weighted by Crippen LogP contribution is -2.32. The largest absolute Gasteiger partial charge is 0.493 e. The molecule has 2 rings (SSSR count). The minimum absolute atomic E-state index is 0.0326. The number of methoxy groups -OCH3 is 1. The number of benzene rings is 2. The van der Waals surface area contributed by atoms with Crippen LogP contribution in [0.15, 0.2) is 40.9 Å². The van der Waals surface area contributed by atoms with Crippen molar-refractivity contribution in [2.45, 2.75) is 13.8 Å². The molecule has 0 aliphatic heterocycles. The van der Waals surface area contributed by atoms with Crippen molar-refractivity contribution < 1.29 is 19.0 Å². The van der Waals surface area contributed by atoms with E-state index in [1.165, 1.54) is 0 Å². The standard InChI is InChI=1S/C19H22BrNO4/c1-13-10-15(11-14(2)19(13)20)25-12-18(22)21-8-9-24-17-7-5-4-6-16(17)23-3/h4-7,10-11H,8-9,12H2,1-3H3,(H,21,22). The number of ether oxygens (including phenoxy) is 3. The second kappa shape index (κ2) is 9.32. The molecule has 0 fully saturated rings. The fourth-order valence-electron chi connectivity index (χ4n) is 2.28. The van der Waals surface area contributed by atoms with Crippen LogP contribution < -0.4 is 19.5 Å². The zero-order chi connectivity index (χ0) is 18.2. The van der Waals surface area contributed by atoms with Gasteiger partial charge in [0.15, 0.2) is 18.1 Å². The van der Waals surface area contributed by atoms with E-state index in [0.717, 1.165) is 15.6 Å². The molecule has 0 bridgehead atoms. The van der Waals surface area contributed by atoms with Gasteiger partial charge in [-0.2, -0.15) is 0 Å². The van der Waals surface area contributed by atoms with Crippen LogP contribution in [0.2, 0.25) is 0 Å². The van der Waals surface area contributed by atoms with Gasteiger partial charge in [0, 0.05) is 4.47 Å². The monoisotopic (exact) mass is 407 g/mol. The lowest BCUT2D eigenvalue weighted by atomic mass is 10.1. The lowest BCUT2D eigenvalue weighted by Gasteiger charge is -2.12. The molecular formula is C19H22BrNO4. The van der Waals surface area contributed by atoms with Gasteiger partial charge in [-0.15, -0.1) is 0 Å². The van der Waals surface area contributed by atoms with Gasteiger partial charge in [-0.05, 0) is 49.2 Å². The maximum atomic E-state index is 11.9. The van der Waals surface area contributed by atoms with E-state index in [1.54, 1.807) is 7.11 Å². The lowest BCUT2D eigenvalue weighted by molar-refractivity contribution is -0.123. The van der Waals surface area contributed by atoms with E-state index in [1.807, 2.05) is 50.2 Å². The first-order valence-corrected chi connectivity index (χ1v) is 8.72. The van der Waals surface area contributed by atoms with Crippen LogP contribution >= 0.6 is 15.9 Å². The van der Waals surface area contributed by atoms with E-state index in [2.05, 4.69) is 21.2 Å². The fraction of sp³-hybridized carbons (Fsp3) is 0.316. The highest BCUT2D eigenvalue weighted by molar-refractivity contribution is 9.10. The van der Waals surface area contributed by atoms with Crippen molar-refractivity contribution >= 4 is 21.8 Å². The molecule has 1 amide bonds. The summed E-state index contributed by atoms with van der Waals surface area (Å²) in [4.78, 5) is 11.9. The second-order valence-corrected chi connectivity index (χ2v) is 6.30. The molecule has 6 heteroatoms. The number of para-hydroxylation sites is 2. The molecule has 0 spiro atoms. The first kappa shape index (κ1) is 19.1. The quantitative estimate of drug-likeness (QED) is 0.678. The number of halogens is 1. The van der Waals surface area contributed by atoms with E-state index < -0.39 is 0 Å². The molecule has 0 atom stereocenters. The summed E-state index contributed by atoms with van der Waals surface area (Å²) in [6.45, 7) is 4.68. The number of hydrogen-bond donors (Lipinski definition) is 1. The van der Waals surface area contributed by atoms with Crippen LogP contribution in [0.3, 0.4) is 0 Å². The Labute approximate surface area is 156 Å². The van der Waals surface area contributed by atoms with Crippen molar-refractivity contribution in [2.24, 2.45) is 0 Å². The first-order chi connectivity index (χ1) is 12.0. The first-order valence-electron chi connectivity index (χ1n) is 7.93. The highest BCUT2D eigenvalue weighted by atomic mass is 79.9. The minimum Gasteiger partial charge on any atom is -0.493 e. The zero-order valence-corrected chi connectivity index (χ0v) is 16.2. The van der Waals surface area contributed by atoms with Gasteiger partial charge in [-0.25, -0.2) is 0 Å². The molecular weight excluding hydrogens is 386 g/mol. The van der Waals surface area contributed by atoms with Crippen LogP contribution in [-0.4, -0.2) is 32.8 Å². The van der Waals surface area contributed by atoms with Gasteiger partial charge in [0.05, 0.1) is 13.7 Å². The predicted molar refractivity (Wildman–Crippen MR) is 101 cm³/mol. The normalized spacial score (nSPS) is 10.2. The number of carbonyl (C=O) groups is 1. The maximum Gasteiger partial charge on any atom is 0.258 e. The molecule has 25 heavy (non-hydrogen) atoms. The van der Waals surface area contributed by atoms with Crippen molar-refractivity contribution in [1.29, 1.82) is 0 Å². The molecule has 1 N–H and O–H groups in total.